The molecule has 1 saturated heterocycles. The Kier molecular flexibility index (Phi) is 7.37. The van der Waals surface area contributed by atoms with Gasteiger partial charge in [0, 0.05) is 37.3 Å². The Hall–Kier alpha value is -2.72. The molecule has 0 aliphatic carbocycles. The Labute approximate surface area is 200 Å². The zero-order chi connectivity index (χ0) is 24.3. The molecule has 0 radical (unpaired) electrons. The molecule has 0 saturated carbocycles. The predicted octanol–water partition coefficient (Wildman–Crippen LogP) is 2.41. The van der Waals surface area contributed by atoms with E-state index in [4.69, 9.17) is 10.8 Å². The van der Waals surface area contributed by atoms with Crippen LogP contribution in [0.2, 0.25) is 0 Å². The van der Waals surface area contributed by atoms with Crippen LogP contribution in [0, 0.1) is 0 Å². The van der Waals surface area contributed by atoms with Crippen molar-refractivity contribution in [3.8, 4) is 11.1 Å². The highest BCUT2D eigenvalue weighted by Gasteiger charge is 2.30. The number of aromatic nitrogens is 1. The molecule has 9 heteroatoms. The van der Waals surface area contributed by atoms with Crippen LogP contribution >= 0.6 is 0 Å². The lowest BCUT2D eigenvalue weighted by molar-refractivity contribution is 0.100. The number of aliphatic hydroxyl groups is 1. The van der Waals surface area contributed by atoms with Crippen LogP contribution in [-0.4, -0.2) is 66.8 Å². The summed E-state index contributed by atoms with van der Waals surface area (Å²) in [6, 6.07) is 13.6. The summed E-state index contributed by atoms with van der Waals surface area (Å²) in [5.41, 5.74) is 9.89. The van der Waals surface area contributed by atoms with Crippen LogP contribution in [0.4, 0.5) is 0 Å². The molecule has 182 valence electrons. The fraction of sp³-hybridized carbons (Fsp3) is 0.400. The van der Waals surface area contributed by atoms with E-state index in [0.29, 0.717) is 38.0 Å². The summed E-state index contributed by atoms with van der Waals surface area (Å²) >= 11 is 0. The molecule has 1 atom stereocenters. The molecule has 8 nitrogen and oxygen atoms in total. The van der Waals surface area contributed by atoms with Gasteiger partial charge in [0.1, 0.15) is 0 Å². The number of sulfonamides is 1. The largest absolute Gasteiger partial charge is 0.395 e. The molecule has 3 aromatic rings. The molecule has 1 aliphatic rings. The summed E-state index contributed by atoms with van der Waals surface area (Å²) in [7, 11) is -3.36. The average molecular weight is 485 g/mol. The minimum absolute atomic E-state index is 0.0114. The van der Waals surface area contributed by atoms with Crippen molar-refractivity contribution in [2.24, 2.45) is 5.73 Å². The van der Waals surface area contributed by atoms with E-state index in [9.17, 15) is 13.2 Å². The minimum atomic E-state index is -3.36. The quantitative estimate of drug-likeness (QED) is 0.371. The topological polar surface area (TPSA) is 129 Å². The molecule has 1 amide bonds. The van der Waals surface area contributed by atoms with Gasteiger partial charge in [0.15, 0.2) is 0 Å². The lowest BCUT2D eigenvalue weighted by Crippen LogP contribution is -2.42. The Morgan fingerprint density at radius 1 is 1.21 bits per heavy atom. The third kappa shape index (κ3) is 5.17. The van der Waals surface area contributed by atoms with Crippen molar-refractivity contribution in [3.63, 3.8) is 0 Å². The number of nitrogens with two attached hydrogens (primary N) is 1. The number of aliphatic hydroxyl groups excluding tert-OH is 1. The van der Waals surface area contributed by atoms with Gasteiger partial charge in [0.25, 0.3) is 5.91 Å². The monoisotopic (exact) mass is 484 g/mol. The van der Waals surface area contributed by atoms with Gasteiger partial charge in [-0.2, -0.15) is 0 Å². The number of benzene rings is 2. The van der Waals surface area contributed by atoms with Crippen molar-refractivity contribution in [1.82, 2.24) is 14.6 Å². The van der Waals surface area contributed by atoms with Gasteiger partial charge in [-0.05, 0) is 54.5 Å². The van der Waals surface area contributed by atoms with Crippen LogP contribution in [0.5, 0.6) is 0 Å². The first-order valence-corrected chi connectivity index (χ1v) is 13.2. The predicted molar refractivity (Wildman–Crippen MR) is 134 cm³/mol. The second-order valence-electron chi connectivity index (χ2n) is 8.95. The number of nitrogens with zero attached hydrogens (tertiary/aromatic N) is 1. The van der Waals surface area contributed by atoms with E-state index in [1.54, 1.807) is 4.31 Å². The first kappa shape index (κ1) is 24.4. The number of hydrogen-bond acceptors (Lipinski definition) is 5. The molecule has 34 heavy (non-hydrogen) atoms. The van der Waals surface area contributed by atoms with Crippen LogP contribution in [0.1, 0.15) is 41.6 Å². The number of carbonyl (C=O) groups excluding carboxylic acids is 1. The van der Waals surface area contributed by atoms with Gasteiger partial charge in [-0.1, -0.05) is 30.3 Å². The van der Waals surface area contributed by atoms with Crippen LogP contribution in [0.15, 0.2) is 48.7 Å². The molecule has 1 fully saturated rings. The third-order valence-corrected chi connectivity index (χ3v) is 8.48. The van der Waals surface area contributed by atoms with Crippen molar-refractivity contribution in [3.05, 3.63) is 59.8 Å². The van der Waals surface area contributed by atoms with E-state index in [0.717, 1.165) is 27.6 Å². The highest BCUT2D eigenvalue weighted by Crippen LogP contribution is 2.37. The van der Waals surface area contributed by atoms with Crippen LogP contribution in [0.3, 0.4) is 0 Å². The molecule has 0 unspecified atom stereocenters. The van der Waals surface area contributed by atoms with Gasteiger partial charge in [-0.15, -0.1) is 0 Å². The number of H-pyrrole nitrogens is 1. The number of amides is 1. The normalized spacial score (nSPS) is 16.6. The van der Waals surface area contributed by atoms with E-state index < -0.39 is 15.9 Å². The van der Waals surface area contributed by atoms with Gasteiger partial charge >= 0.3 is 0 Å². The Balaban J connectivity index is 1.54. The first-order valence-electron chi connectivity index (χ1n) is 11.6. The standard InChI is InChI=1S/C25H32N4O4S/c1-17(16-30)27-9-12-34(32,33)29-10-7-19(8-11-29)23-15-28-24-21(23)13-20(14-22(24)25(26)31)18-5-3-2-4-6-18/h2-6,13-15,17,19,27-28,30H,7-12,16H2,1H3,(H2,26,31)/t17-/m1/s1. The summed E-state index contributed by atoms with van der Waals surface area (Å²) in [6.45, 7) is 3.00. The summed E-state index contributed by atoms with van der Waals surface area (Å²) in [6.07, 6.45) is 3.34. The maximum atomic E-state index is 12.7. The lowest BCUT2D eigenvalue weighted by Gasteiger charge is -2.31. The number of piperidine rings is 1. The molecule has 2 heterocycles. The Bertz CT molecular complexity index is 1250. The fourth-order valence-electron chi connectivity index (χ4n) is 4.66. The van der Waals surface area contributed by atoms with E-state index in [1.165, 1.54) is 0 Å². The SMILES string of the molecule is C[C@H](CO)NCCS(=O)(=O)N1CCC(c2c[nH]c3c(C(N)=O)cc(-c4ccccc4)cc23)CC1. The van der Waals surface area contributed by atoms with Crippen molar-refractivity contribution in [2.45, 2.75) is 31.7 Å². The maximum absolute atomic E-state index is 12.7. The smallest absolute Gasteiger partial charge is 0.250 e. The Morgan fingerprint density at radius 3 is 2.56 bits per heavy atom. The van der Waals surface area contributed by atoms with Crippen LogP contribution in [0.25, 0.3) is 22.0 Å². The average Bonchev–Trinajstić information content (AvgIpc) is 3.27. The molecule has 5 N–H and O–H groups in total. The van der Waals surface area contributed by atoms with Crippen molar-refractivity contribution < 1.29 is 18.3 Å². The van der Waals surface area contributed by atoms with E-state index in [1.807, 2.05) is 49.5 Å². The molecular weight excluding hydrogens is 452 g/mol. The zero-order valence-electron chi connectivity index (χ0n) is 19.3. The second-order valence-corrected chi connectivity index (χ2v) is 11.0. The van der Waals surface area contributed by atoms with Crippen molar-refractivity contribution in [1.29, 1.82) is 0 Å². The molecular formula is C25H32N4O4S. The van der Waals surface area contributed by atoms with Gasteiger partial charge in [-0.25, -0.2) is 12.7 Å². The second kappa shape index (κ2) is 10.3. The van der Waals surface area contributed by atoms with Crippen LogP contribution in [-0.2, 0) is 10.0 Å². The number of aromatic amines is 1. The zero-order valence-corrected chi connectivity index (χ0v) is 20.1. The third-order valence-electron chi connectivity index (χ3n) is 6.61. The number of fused-ring (bicyclic) bond motifs is 1. The fourth-order valence-corrected chi connectivity index (χ4v) is 6.06. The summed E-state index contributed by atoms with van der Waals surface area (Å²) in [5, 5.41) is 13.1. The highest BCUT2D eigenvalue weighted by molar-refractivity contribution is 7.89. The lowest BCUT2D eigenvalue weighted by atomic mass is 9.88. The molecule has 4 rings (SSSR count). The van der Waals surface area contributed by atoms with E-state index in [2.05, 4.69) is 16.4 Å². The number of carbonyl (C=O) groups is 1. The number of hydrogen-bond donors (Lipinski definition) is 4. The van der Waals surface area contributed by atoms with Gasteiger partial charge in [-0.3, -0.25) is 4.79 Å². The minimum Gasteiger partial charge on any atom is -0.395 e. The van der Waals surface area contributed by atoms with Crippen molar-refractivity contribution in [2.75, 3.05) is 32.0 Å². The maximum Gasteiger partial charge on any atom is 0.250 e. The molecule has 2 aromatic carbocycles. The Morgan fingerprint density at radius 2 is 1.91 bits per heavy atom. The summed E-state index contributed by atoms with van der Waals surface area (Å²) in [5.74, 6) is -0.293. The van der Waals surface area contributed by atoms with Crippen molar-refractivity contribution >= 4 is 26.8 Å². The van der Waals surface area contributed by atoms with E-state index >= 15 is 0 Å². The molecule has 1 aromatic heterocycles. The first-order chi connectivity index (χ1) is 16.3. The molecule has 1 aliphatic heterocycles. The summed E-state index contributed by atoms with van der Waals surface area (Å²) in [4.78, 5) is 15.4. The molecule has 0 bridgehead atoms. The van der Waals surface area contributed by atoms with Gasteiger partial charge in [0.2, 0.25) is 10.0 Å². The number of primary amides is 1. The van der Waals surface area contributed by atoms with Crippen LogP contribution < -0.4 is 11.1 Å². The highest BCUT2D eigenvalue weighted by atomic mass is 32.2. The van der Waals surface area contributed by atoms with Gasteiger partial charge < -0.3 is 21.1 Å². The van der Waals surface area contributed by atoms with Gasteiger partial charge in [0.05, 0.1) is 23.4 Å². The number of rotatable bonds is 9. The number of nitrogens with one attached hydrogen (secondary N) is 2. The summed E-state index contributed by atoms with van der Waals surface area (Å²) < 4.78 is 27.1. The molecule has 0 spiro atoms. The van der Waals surface area contributed by atoms with E-state index in [-0.39, 0.29) is 24.3 Å².